The van der Waals surface area contributed by atoms with Gasteiger partial charge in [0.15, 0.2) is 0 Å². The first kappa shape index (κ1) is 11.7. The molecule has 6 heteroatoms. The van der Waals surface area contributed by atoms with Gasteiger partial charge in [0.05, 0.1) is 6.61 Å². The molecule has 3 nitrogen and oxygen atoms in total. The van der Waals surface area contributed by atoms with Crippen molar-refractivity contribution in [1.29, 1.82) is 0 Å². The van der Waals surface area contributed by atoms with Crippen molar-refractivity contribution in [1.82, 2.24) is 0 Å². The Hall–Kier alpha value is -0.360. The Morgan fingerprint density at radius 3 is 2.79 bits per heavy atom. The summed E-state index contributed by atoms with van der Waals surface area (Å²) in [5.74, 6) is -5.12. The lowest BCUT2D eigenvalue weighted by molar-refractivity contribution is -0.207. The molecule has 14 heavy (non-hydrogen) atoms. The number of ether oxygens (including phenoxy) is 1. The number of halogens is 2. The molecule has 82 valence electrons. The van der Waals surface area contributed by atoms with Gasteiger partial charge >= 0.3 is 11.9 Å². The van der Waals surface area contributed by atoms with Crippen LogP contribution in [0.15, 0.2) is 0 Å². The van der Waals surface area contributed by atoms with E-state index < -0.39 is 17.5 Å². The van der Waals surface area contributed by atoms with Gasteiger partial charge in [-0.25, -0.2) is 4.79 Å². The van der Waals surface area contributed by atoms with E-state index in [9.17, 15) is 18.7 Å². The number of carbonyl (C=O) groups excluding carboxylic acids is 1. The van der Waals surface area contributed by atoms with E-state index in [0.29, 0.717) is 5.75 Å². The Bertz CT molecular complexity index is 227. The molecule has 1 aliphatic rings. The van der Waals surface area contributed by atoms with E-state index >= 15 is 0 Å². The van der Waals surface area contributed by atoms with Crippen molar-refractivity contribution in [2.24, 2.45) is 0 Å². The first-order valence-corrected chi connectivity index (χ1v) is 5.44. The second kappa shape index (κ2) is 4.02. The maximum Gasteiger partial charge on any atom is 0.380 e. The molecule has 0 spiro atoms. The minimum absolute atomic E-state index is 0.0799. The number of alkyl halides is 2. The summed E-state index contributed by atoms with van der Waals surface area (Å²) < 4.78 is 30.9. The van der Waals surface area contributed by atoms with Crippen LogP contribution in [0.2, 0.25) is 0 Å². The highest BCUT2D eigenvalue weighted by molar-refractivity contribution is 7.99. The smallest absolute Gasteiger partial charge is 0.380 e. The first-order chi connectivity index (χ1) is 6.44. The minimum atomic E-state index is -3.80. The molecule has 0 aromatic rings. The Balaban J connectivity index is 2.76. The highest BCUT2D eigenvalue weighted by Crippen LogP contribution is 2.40. The third-order valence-corrected chi connectivity index (χ3v) is 3.29. The predicted octanol–water partition coefficient (Wildman–Crippen LogP) is 1.05. The van der Waals surface area contributed by atoms with Crippen LogP contribution < -0.4 is 0 Å². The highest BCUT2D eigenvalue weighted by Gasteiger charge is 2.60. The van der Waals surface area contributed by atoms with E-state index in [0.717, 1.165) is 0 Å². The van der Waals surface area contributed by atoms with E-state index in [1.807, 2.05) is 0 Å². The lowest BCUT2D eigenvalue weighted by Gasteiger charge is -2.29. The van der Waals surface area contributed by atoms with Crippen molar-refractivity contribution in [3.63, 3.8) is 0 Å². The van der Waals surface area contributed by atoms with Gasteiger partial charge in [-0.2, -0.15) is 20.5 Å². The molecule has 0 aromatic carbocycles. The standard InChI is InChI=1S/C8H12F2O3S/c1-2-13-6(11)8(9,10)7(12)3-4-14-5-7/h12H,2-5H2,1H3. The van der Waals surface area contributed by atoms with Gasteiger partial charge in [0, 0.05) is 5.75 Å². The molecule has 0 aromatic heterocycles. The molecule has 0 radical (unpaired) electrons. The summed E-state index contributed by atoms with van der Waals surface area (Å²) in [6.07, 6.45) is -0.0799. The van der Waals surface area contributed by atoms with Crippen molar-refractivity contribution < 1.29 is 23.4 Å². The van der Waals surface area contributed by atoms with Crippen LogP contribution in [0.4, 0.5) is 8.78 Å². The summed E-state index contributed by atoms with van der Waals surface area (Å²) in [5.41, 5.74) is -2.23. The molecule has 1 rings (SSSR count). The van der Waals surface area contributed by atoms with Crippen molar-refractivity contribution in [3.8, 4) is 0 Å². The molecule has 0 amide bonds. The summed E-state index contributed by atoms with van der Waals surface area (Å²) in [7, 11) is 0. The van der Waals surface area contributed by atoms with Crippen molar-refractivity contribution in [2.45, 2.75) is 24.9 Å². The zero-order valence-electron chi connectivity index (χ0n) is 7.76. The van der Waals surface area contributed by atoms with Crippen LogP contribution in [0.1, 0.15) is 13.3 Å². The normalized spacial score (nSPS) is 27.7. The van der Waals surface area contributed by atoms with Gasteiger partial charge in [0.2, 0.25) is 0 Å². The molecule has 1 N–H and O–H groups in total. The van der Waals surface area contributed by atoms with E-state index in [1.54, 1.807) is 0 Å². The van der Waals surface area contributed by atoms with Gasteiger partial charge in [0.25, 0.3) is 0 Å². The molecule has 1 fully saturated rings. The topological polar surface area (TPSA) is 46.5 Å². The summed E-state index contributed by atoms with van der Waals surface area (Å²) in [6, 6.07) is 0. The average Bonchev–Trinajstić information content (AvgIpc) is 2.54. The molecule has 1 saturated heterocycles. The van der Waals surface area contributed by atoms with E-state index in [4.69, 9.17) is 0 Å². The zero-order valence-corrected chi connectivity index (χ0v) is 8.57. The number of esters is 1. The molecule has 1 aliphatic heterocycles. The zero-order chi connectivity index (χ0) is 10.8. The summed E-state index contributed by atoms with van der Waals surface area (Å²) >= 11 is 1.21. The number of carbonyl (C=O) groups is 1. The molecule has 1 atom stereocenters. The molecule has 1 unspecified atom stereocenters. The van der Waals surface area contributed by atoms with Crippen LogP contribution in [0, 0.1) is 0 Å². The SMILES string of the molecule is CCOC(=O)C(F)(F)C1(O)CCSC1. The Morgan fingerprint density at radius 2 is 2.36 bits per heavy atom. The first-order valence-electron chi connectivity index (χ1n) is 4.29. The number of aliphatic hydroxyl groups is 1. The van der Waals surface area contributed by atoms with Gasteiger partial charge in [-0.3, -0.25) is 0 Å². The second-order valence-corrected chi connectivity index (χ2v) is 4.23. The van der Waals surface area contributed by atoms with Crippen molar-refractivity contribution >= 4 is 17.7 Å². The Morgan fingerprint density at radius 1 is 1.71 bits per heavy atom. The van der Waals surface area contributed by atoms with Crippen LogP contribution in [-0.4, -0.2) is 40.7 Å². The molecule has 0 aliphatic carbocycles. The van der Waals surface area contributed by atoms with Gasteiger partial charge < -0.3 is 9.84 Å². The van der Waals surface area contributed by atoms with Gasteiger partial charge in [-0.1, -0.05) is 0 Å². The quantitative estimate of drug-likeness (QED) is 0.731. The van der Waals surface area contributed by atoms with Crippen molar-refractivity contribution in [3.05, 3.63) is 0 Å². The lowest BCUT2D eigenvalue weighted by atomic mass is 9.95. The van der Waals surface area contributed by atoms with Crippen LogP contribution >= 0.6 is 11.8 Å². The number of rotatable bonds is 3. The molecule has 0 bridgehead atoms. The van der Waals surface area contributed by atoms with Crippen LogP contribution in [0.5, 0.6) is 0 Å². The van der Waals surface area contributed by atoms with E-state index in [1.165, 1.54) is 18.7 Å². The summed E-state index contributed by atoms with van der Waals surface area (Å²) in [6.45, 7) is 1.33. The molecule has 0 saturated carbocycles. The summed E-state index contributed by atoms with van der Waals surface area (Å²) in [5, 5.41) is 9.54. The fourth-order valence-electron chi connectivity index (χ4n) is 1.21. The third kappa shape index (κ3) is 1.86. The molecular weight excluding hydrogens is 214 g/mol. The lowest BCUT2D eigenvalue weighted by Crippen LogP contribution is -2.54. The van der Waals surface area contributed by atoms with Crippen LogP contribution in [-0.2, 0) is 9.53 Å². The highest BCUT2D eigenvalue weighted by atomic mass is 32.2. The Kier molecular flexibility index (Phi) is 3.36. The number of thioether (sulfide) groups is 1. The van der Waals surface area contributed by atoms with Crippen LogP contribution in [0.3, 0.4) is 0 Å². The average molecular weight is 226 g/mol. The maximum atomic E-state index is 13.4. The Labute approximate surface area is 84.8 Å². The second-order valence-electron chi connectivity index (χ2n) is 3.13. The fraction of sp³-hybridized carbons (Fsp3) is 0.875. The summed E-state index contributed by atoms with van der Waals surface area (Å²) in [4.78, 5) is 10.9. The third-order valence-electron chi connectivity index (χ3n) is 2.12. The van der Waals surface area contributed by atoms with Gasteiger partial charge in [-0.15, -0.1) is 0 Å². The minimum Gasteiger partial charge on any atom is -0.461 e. The van der Waals surface area contributed by atoms with Crippen LogP contribution in [0.25, 0.3) is 0 Å². The molecular formula is C8H12F2O3S. The predicted molar refractivity (Wildman–Crippen MR) is 48.5 cm³/mol. The van der Waals surface area contributed by atoms with Gasteiger partial charge in [0.1, 0.15) is 5.60 Å². The maximum absolute atomic E-state index is 13.4. The van der Waals surface area contributed by atoms with E-state index in [2.05, 4.69) is 4.74 Å². The monoisotopic (exact) mass is 226 g/mol. The molecule has 1 heterocycles. The van der Waals surface area contributed by atoms with E-state index in [-0.39, 0.29) is 18.8 Å². The largest absolute Gasteiger partial charge is 0.461 e. The van der Waals surface area contributed by atoms with Crippen molar-refractivity contribution in [2.75, 3.05) is 18.1 Å². The number of hydrogen-bond donors (Lipinski definition) is 1. The fourth-order valence-corrected chi connectivity index (χ4v) is 2.50. The van der Waals surface area contributed by atoms with Gasteiger partial charge in [-0.05, 0) is 19.1 Å². The number of hydrogen-bond acceptors (Lipinski definition) is 4.